The van der Waals surface area contributed by atoms with Crippen LogP contribution in [0, 0.1) is 6.92 Å². The zero-order chi connectivity index (χ0) is 19.8. The van der Waals surface area contributed by atoms with E-state index < -0.39 is 5.97 Å². The number of aryl methyl sites for hydroxylation is 1. The molecule has 0 aliphatic carbocycles. The van der Waals surface area contributed by atoms with Crippen LogP contribution in [0.15, 0.2) is 41.3 Å². The van der Waals surface area contributed by atoms with E-state index in [1.165, 1.54) is 22.9 Å². The van der Waals surface area contributed by atoms with Crippen LogP contribution in [0.5, 0.6) is 0 Å². The lowest BCUT2D eigenvalue weighted by atomic mass is 9.99. The summed E-state index contributed by atoms with van der Waals surface area (Å²) in [4.78, 5) is 24.2. The number of nitrogens with zero attached hydrogens (tertiary/aromatic N) is 1. The van der Waals surface area contributed by atoms with Crippen molar-refractivity contribution in [3.8, 4) is 0 Å². The van der Waals surface area contributed by atoms with Crippen LogP contribution in [0.4, 0.5) is 5.69 Å². The summed E-state index contributed by atoms with van der Waals surface area (Å²) in [5.74, 6) is 0.140. The van der Waals surface area contributed by atoms with E-state index in [1.54, 1.807) is 0 Å². The van der Waals surface area contributed by atoms with E-state index in [2.05, 4.69) is 23.5 Å². The average molecular weight is 394 g/mol. The van der Waals surface area contributed by atoms with Crippen LogP contribution in [-0.4, -0.2) is 27.3 Å². The molecule has 1 aromatic heterocycles. The highest BCUT2D eigenvalue weighted by Crippen LogP contribution is 2.34. The lowest BCUT2D eigenvalue weighted by Crippen LogP contribution is -2.10. The number of amides is 1. The number of carbonyl (C=O) groups is 2. The number of aromatic nitrogens is 1. The van der Waals surface area contributed by atoms with Crippen LogP contribution < -0.4 is 5.32 Å². The van der Waals surface area contributed by atoms with E-state index in [9.17, 15) is 14.7 Å². The van der Waals surface area contributed by atoms with Crippen molar-refractivity contribution in [2.45, 2.75) is 38.1 Å². The van der Waals surface area contributed by atoms with Crippen molar-refractivity contribution in [2.75, 3.05) is 11.1 Å². The Morgan fingerprint density at radius 2 is 2.04 bits per heavy atom. The van der Waals surface area contributed by atoms with Gasteiger partial charge in [-0.2, -0.15) is 0 Å². The predicted octanol–water partition coefficient (Wildman–Crippen LogP) is 4.23. The number of hydrogen-bond acceptors (Lipinski definition) is 3. The van der Waals surface area contributed by atoms with Crippen LogP contribution in [-0.2, 0) is 29.0 Å². The van der Waals surface area contributed by atoms with Gasteiger partial charge in [-0.25, -0.2) is 0 Å². The number of carbonyl (C=O) groups excluding carboxylic acids is 1. The molecule has 2 aromatic carbocycles. The molecule has 0 fully saturated rings. The van der Waals surface area contributed by atoms with Gasteiger partial charge in [0.1, 0.15) is 6.54 Å². The summed E-state index contributed by atoms with van der Waals surface area (Å²) < 4.78 is 1.84. The minimum atomic E-state index is -0.868. The lowest BCUT2D eigenvalue weighted by Gasteiger charge is -2.07. The van der Waals surface area contributed by atoms with Crippen molar-refractivity contribution >= 4 is 40.2 Å². The summed E-state index contributed by atoms with van der Waals surface area (Å²) in [6.45, 7) is 3.37. The van der Waals surface area contributed by atoms with Gasteiger partial charge in [0.2, 0.25) is 5.91 Å². The first-order valence-corrected chi connectivity index (χ1v) is 10.3. The summed E-state index contributed by atoms with van der Waals surface area (Å²) in [7, 11) is 0. The second kappa shape index (κ2) is 7.36. The van der Waals surface area contributed by atoms with Crippen LogP contribution in [0.1, 0.15) is 29.3 Å². The summed E-state index contributed by atoms with van der Waals surface area (Å²) in [6.07, 6.45) is 1.83. The predicted molar refractivity (Wildman–Crippen MR) is 112 cm³/mol. The fourth-order valence-electron chi connectivity index (χ4n) is 3.95. The van der Waals surface area contributed by atoms with E-state index in [0.29, 0.717) is 0 Å². The lowest BCUT2D eigenvalue weighted by molar-refractivity contribution is -0.137. The first-order chi connectivity index (χ1) is 13.4. The summed E-state index contributed by atoms with van der Waals surface area (Å²) in [5.41, 5.74) is 6.28. The number of carboxylic acids is 1. The van der Waals surface area contributed by atoms with Gasteiger partial charge in [0, 0.05) is 39.9 Å². The van der Waals surface area contributed by atoms with Crippen molar-refractivity contribution in [1.29, 1.82) is 0 Å². The first-order valence-electron chi connectivity index (χ1n) is 9.28. The van der Waals surface area contributed by atoms with Crippen LogP contribution in [0.3, 0.4) is 0 Å². The van der Waals surface area contributed by atoms with Crippen molar-refractivity contribution < 1.29 is 14.7 Å². The number of hydrogen-bond donors (Lipinski definition) is 2. The van der Waals surface area contributed by atoms with E-state index >= 15 is 0 Å². The molecule has 144 valence electrons. The monoisotopic (exact) mass is 394 g/mol. The molecule has 0 spiro atoms. The van der Waals surface area contributed by atoms with E-state index in [1.807, 2.05) is 41.5 Å². The number of fused-ring (bicyclic) bond motifs is 2. The Morgan fingerprint density at radius 3 is 2.79 bits per heavy atom. The van der Waals surface area contributed by atoms with Crippen molar-refractivity contribution in [2.24, 2.45) is 0 Å². The molecule has 2 N–H and O–H groups in total. The summed E-state index contributed by atoms with van der Waals surface area (Å²) in [5, 5.41) is 13.2. The van der Waals surface area contributed by atoms with Gasteiger partial charge in [-0.05, 0) is 60.7 Å². The molecule has 1 amide bonds. The van der Waals surface area contributed by atoms with Gasteiger partial charge in [-0.15, -0.1) is 11.8 Å². The molecule has 0 saturated heterocycles. The minimum Gasteiger partial charge on any atom is -0.480 e. The zero-order valence-electron chi connectivity index (χ0n) is 15.9. The Labute approximate surface area is 167 Å². The van der Waals surface area contributed by atoms with Gasteiger partial charge in [-0.1, -0.05) is 12.1 Å². The molecule has 0 saturated carbocycles. The second-order valence-electron chi connectivity index (χ2n) is 7.17. The maximum absolute atomic E-state index is 11.5. The van der Waals surface area contributed by atoms with Gasteiger partial charge in [0.05, 0.1) is 0 Å². The molecule has 1 aliphatic heterocycles. The smallest absolute Gasteiger partial charge is 0.323 e. The normalized spacial score (nSPS) is 12.9. The molecule has 28 heavy (non-hydrogen) atoms. The Morgan fingerprint density at radius 1 is 1.21 bits per heavy atom. The maximum Gasteiger partial charge on any atom is 0.323 e. The molecule has 0 unspecified atom stereocenters. The maximum atomic E-state index is 11.5. The molecule has 3 aromatic rings. The topological polar surface area (TPSA) is 71.3 Å². The fourth-order valence-corrected chi connectivity index (χ4v) is 5.00. The van der Waals surface area contributed by atoms with Crippen molar-refractivity contribution in [3.05, 3.63) is 58.8 Å². The largest absolute Gasteiger partial charge is 0.480 e. The molecule has 4 rings (SSSR count). The Hall–Kier alpha value is -2.73. The summed E-state index contributed by atoms with van der Waals surface area (Å²) >= 11 is 1.90. The quantitative estimate of drug-likeness (QED) is 0.679. The van der Waals surface area contributed by atoms with E-state index in [-0.39, 0.29) is 12.5 Å². The molecular formula is C22H22N2O3S. The van der Waals surface area contributed by atoms with E-state index in [0.717, 1.165) is 46.4 Å². The number of thioether (sulfide) groups is 1. The number of anilines is 1. The molecule has 0 atom stereocenters. The van der Waals surface area contributed by atoms with Crippen LogP contribution >= 0.6 is 11.8 Å². The molecule has 6 heteroatoms. The van der Waals surface area contributed by atoms with Gasteiger partial charge in [-0.3, -0.25) is 9.59 Å². The molecule has 0 radical (unpaired) electrons. The zero-order valence-corrected chi connectivity index (χ0v) is 16.7. The molecule has 0 bridgehead atoms. The molecule has 1 aliphatic rings. The number of carboxylic acid groups (broad SMARTS) is 1. The number of rotatable bonds is 5. The van der Waals surface area contributed by atoms with Crippen LogP contribution in [0.25, 0.3) is 10.9 Å². The van der Waals surface area contributed by atoms with Gasteiger partial charge in [0.25, 0.3) is 0 Å². The third kappa shape index (κ3) is 3.52. The van der Waals surface area contributed by atoms with Crippen LogP contribution in [0.2, 0.25) is 0 Å². The molecular weight excluding hydrogens is 372 g/mol. The Balaban J connectivity index is 1.81. The highest BCUT2D eigenvalue weighted by atomic mass is 32.2. The SMILES string of the molecule is CC(=O)Nc1ccc2c(c1)c(Cc1ccc3c(c1)CCS3)c(C)n2CC(=O)O. The van der Waals surface area contributed by atoms with Gasteiger partial charge >= 0.3 is 5.97 Å². The summed E-state index contributed by atoms with van der Waals surface area (Å²) in [6, 6.07) is 12.3. The van der Waals surface area contributed by atoms with Crippen molar-refractivity contribution in [1.82, 2.24) is 4.57 Å². The standard InChI is InChI=1S/C22H22N2O3S/c1-13-18(10-15-3-6-21-16(9-15)7-8-28-21)19-11-17(23-14(2)25)4-5-20(19)24(13)12-22(26)27/h3-6,9,11H,7-8,10,12H2,1-2H3,(H,23,25)(H,26,27). The van der Waals surface area contributed by atoms with E-state index in [4.69, 9.17) is 0 Å². The van der Waals surface area contributed by atoms with Gasteiger partial charge < -0.3 is 15.0 Å². The number of nitrogens with one attached hydrogen (secondary N) is 1. The number of benzene rings is 2. The highest BCUT2D eigenvalue weighted by Gasteiger charge is 2.18. The minimum absolute atomic E-state index is 0.0807. The van der Waals surface area contributed by atoms with Crippen molar-refractivity contribution in [3.63, 3.8) is 0 Å². The molecule has 2 heterocycles. The number of aliphatic carboxylic acids is 1. The first kappa shape index (κ1) is 18.6. The average Bonchev–Trinajstić information content (AvgIpc) is 3.19. The van der Waals surface area contributed by atoms with Gasteiger partial charge in [0.15, 0.2) is 0 Å². The Bertz CT molecular complexity index is 1100. The fraction of sp³-hybridized carbons (Fsp3) is 0.273. The molecule has 5 nitrogen and oxygen atoms in total. The second-order valence-corrected chi connectivity index (χ2v) is 8.31. The highest BCUT2D eigenvalue weighted by molar-refractivity contribution is 7.99. The third-order valence-electron chi connectivity index (χ3n) is 5.20. The Kier molecular flexibility index (Phi) is 4.89. The third-order valence-corrected chi connectivity index (χ3v) is 6.32.